The Labute approximate surface area is 67.1 Å². The van der Waals surface area contributed by atoms with Crippen LogP contribution in [0.5, 0.6) is 0 Å². The van der Waals surface area contributed by atoms with Crippen molar-refractivity contribution in [2.45, 2.75) is 20.3 Å². The Morgan fingerprint density at radius 1 is 1.36 bits per heavy atom. The molecule has 0 amide bonds. The van der Waals surface area contributed by atoms with Crippen LogP contribution in [0.3, 0.4) is 0 Å². The fourth-order valence-corrected chi connectivity index (χ4v) is 1.17. The van der Waals surface area contributed by atoms with E-state index in [2.05, 4.69) is 13.0 Å². The fraction of sp³-hybridized carbons (Fsp3) is 0.400. The second-order valence-corrected chi connectivity index (χ2v) is 2.84. The van der Waals surface area contributed by atoms with Gasteiger partial charge in [0.25, 0.3) is 0 Å². The molecule has 0 spiro atoms. The highest BCUT2D eigenvalue weighted by molar-refractivity contribution is 5.30. The SMILES string of the molecule is CCC1=CC(C)C=C(F)C=C1. The lowest BCUT2D eigenvalue weighted by atomic mass is 10.1. The van der Waals surface area contributed by atoms with Gasteiger partial charge in [0.05, 0.1) is 0 Å². The third kappa shape index (κ3) is 2.34. The first-order chi connectivity index (χ1) is 5.22. The van der Waals surface area contributed by atoms with Crippen LogP contribution in [0.2, 0.25) is 0 Å². The van der Waals surface area contributed by atoms with Crippen molar-refractivity contribution < 1.29 is 4.39 Å². The lowest BCUT2D eigenvalue weighted by Gasteiger charge is -1.98. The topological polar surface area (TPSA) is 0 Å². The zero-order valence-corrected chi connectivity index (χ0v) is 6.97. The van der Waals surface area contributed by atoms with Gasteiger partial charge < -0.3 is 0 Å². The van der Waals surface area contributed by atoms with E-state index < -0.39 is 0 Å². The van der Waals surface area contributed by atoms with Crippen molar-refractivity contribution >= 4 is 0 Å². The molecule has 0 nitrogen and oxygen atoms in total. The summed E-state index contributed by atoms with van der Waals surface area (Å²) in [6.07, 6.45) is 8.05. The monoisotopic (exact) mass is 152 g/mol. The molecule has 1 unspecified atom stereocenters. The van der Waals surface area contributed by atoms with Crippen LogP contribution in [0.25, 0.3) is 0 Å². The van der Waals surface area contributed by atoms with Gasteiger partial charge in [0.15, 0.2) is 0 Å². The Morgan fingerprint density at radius 2 is 2.09 bits per heavy atom. The molecule has 60 valence electrons. The summed E-state index contributed by atoms with van der Waals surface area (Å²) in [7, 11) is 0. The quantitative estimate of drug-likeness (QED) is 0.540. The normalized spacial score (nSPS) is 24.1. The molecule has 1 aliphatic carbocycles. The van der Waals surface area contributed by atoms with E-state index in [0.29, 0.717) is 0 Å². The summed E-state index contributed by atoms with van der Waals surface area (Å²) in [5, 5.41) is 0. The maximum absolute atomic E-state index is 12.7. The molecule has 0 saturated heterocycles. The van der Waals surface area contributed by atoms with Gasteiger partial charge in [-0.05, 0) is 24.5 Å². The molecule has 1 rings (SSSR count). The molecule has 0 bridgehead atoms. The minimum atomic E-state index is -0.128. The molecule has 11 heavy (non-hydrogen) atoms. The average molecular weight is 152 g/mol. The molecule has 0 fully saturated rings. The summed E-state index contributed by atoms with van der Waals surface area (Å²) in [5.41, 5.74) is 1.21. The second kappa shape index (κ2) is 3.51. The Kier molecular flexibility index (Phi) is 2.64. The highest BCUT2D eigenvalue weighted by atomic mass is 19.1. The summed E-state index contributed by atoms with van der Waals surface area (Å²) in [6.45, 7) is 4.06. The first kappa shape index (κ1) is 8.25. The number of rotatable bonds is 1. The minimum absolute atomic E-state index is 0.128. The van der Waals surface area contributed by atoms with Gasteiger partial charge in [-0.2, -0.15) is 0 Å². The Balaban J connectivity index is 2.83. The molecule has 0 saturated carbocycles. The van der Waals surface area contributed by atoms with Gasteiger partial charge in [-0.1, -0.05) is 31.6 Å². The summed E-state index contributed by atoms with van der Waals surface area (Å²) in [6, 6.07) is 0. The van der Waals surface area contributed by atoms with Crippen molar-refractivity contribution in [2.75, 3.05) is 0 Å². The van der Waals surface area contributed by atoms with Crippen LogP contribution in [0.15, 0.2) is 35.7 Å². The van der Waals surface area contributed by atoms with Gasteiger partial charge in [-0.3, -0.25) is 0 Å². The van der Waals surface area contributed by atoms with Gasteiger partial charge in [0, 0.05) is 0 Å². The largest absolute Gasteiger partial charge is 0.207 e. The summed E-state index contributed by atoms with van der Waals surface area (Å²) in [5.74, 6) is 0.0946. The molecule has 0 aromatic rings. The molecule has 1 atom stereocenters. The van der Waals surface area contributed by atoms with Gasteiger partial charge in [-0.15, -0.1) is 0 Å². The summed E-state index contributed by atoms with van der Waals surface area (Å²) in [4.78, 5) is 0. The predicted molar refractivity (Wildman–Crippen MR) is 45.9 cm³/mol. The van der Waals surface area contributed by atoms with E-state index >= 15 is 0 Å². The number of halogens is 1. The first-order valence-corrected chi connectivity index (χ1v) is 3.98. The second-order valence-electron chi connectivity index (χ2n) is 2.84. The highest BCUT2D eigenvalue weighted by Gasteiger charge is 2.01. The molecular weight excluding hydrogens is 139 g/mol. The van der Waals surface area contributed by atoms with Crippen LogP contribution in [0, 0.1) is 5.92 Å². The van der Waals surface area contributed by atoms with Crippen LogP contribution < -0.4 is 0 Å². The minimum Gasteiger partial charge on any atom is -0.207 e. The van der Waals surface area contributed by atoms with Gasteiger partial charge in [0.1, 0.15) is 5.83 Å². The van der Waals surface area contributed by atoms with Crippen molar-refractivity contribution in [3.63, 3.8) is 0 Å². The van der Waals surface area contributed by atoms with Crippen molar-refractivity contribution in [1.82, 2.24) is 0 Å². The van der Waals surface area contributed by atoms with Crippen LogP contribution >= 0.6 is 0 Å². The van der Waals surface area contributed by atoms with E-state index in [4.69, 9.17) is 0 Å². The maximum Gasteiger partial charge on any atom is 0.119 e. The molecule has 1 heteroatoms. The summed E-state index contributed by atoms with van der Waals surface area (Å²) >= 11 is 0. The Hall–Kier alpha value is -0.850. The van der Waals surface area contributed by atoms with Gasteiger partial charge >= 0.3 is 0 Å². The molecule has 0 radical (unpaired) electrons. The average Bonchev–Trinajstić information content (AvgIpc) is 2.11. The van der Waals surface area contributed by atoms with Crippen molar-refractivity contribution in [3.8, 4) is 0 Å². The van der Waals surface area contributed by atoms with E-state index in [0.717, 1.165) is 6.42 Å². The van der Waals surface area contributed by atoms with E-state index in [1.54, 1.807) is 6.08 Å². The maximum atomic E-state index is 12.7. The van der Waals surface area contributed by atoms with Crippen LogP contribution in [0.1, 0.15) is 20.3 Å². The molecule has 0 heterocycles. The Morgan fingerprint density at radius 3 is 2.73 bits per heavy atom. The third-order valence-electron chi connectivity index (χ3n) is 1.76. The number of allylic oxidation sites excluding steroid dienone is 6. The van der Waals surface area contributed by atoms with Crippen molar-refractivity contribution in [3.05, 3.63) is 35.7 Å². The van der Waals surface area contributed by atoms with Crippen molar-refractivity contribution in [2.24, 2.45) is 5.92 Å². The summed E-state index contributed by atoms with van der Waals surface area (Å²) < 4.78 is 12.7. The zero-order chi connectivity index (χ0) is 8.27. The van der Waals surface area contributed by atoms with E-state index in [-0.39, 0.29) is 11.7 Å². The molecule has 1 aliphatic rings. The lowest BCUT2D eigenvalue weighted by Crippen LogP contribution is -1.83. The standard InChI is InChI=1S/C10H13F/c1-3-9-4-5-10(11)7-8(2)6-9/h4-8H,3H2,1-2H3. The van der Waals surface area contributed by atoms with Crippen LogP contribution in [-0.2, 0) is 0 Å². The zero-order valence-electron chi connectivity index (χ0n) is 6.97. The molecule has 0 aromatic heterocycles. The third-order valence-corrected chi connectivity index (χ3v) is 1.76. The van der Waals surface area contributed by atoms with E-state index in [1.165, 1.54) is 11.6 Å². The van der Waals surface area contributed by atoms with E-state index in [9.17, 15) is 4.39 Å². The molecular formula is C10H13F. The van der Waals surface area contributed by atoms with Crippen molar-refractivity contribution in [1.29, 1.82) is 0 Å². The van der Waals surface area contributed by atoms with Crippen LogP contribution in [0.4, 0.5) is 4.39 Å². The highest BCUT2D eigenvalue weighted by Crippen LogP contribution is 2.17. The fourth-order valence-electron chi connectivity index (χ4n) is 1.17. The number of hydrogen-bond donors (Lipinski definition) is 0. The predicted octanol–water partition coefficient (Wildman–Crippen LogP) is 3.38. The Bertz CT molecular complexity index is 221. The molecule has 0 N–H and O–H groups in total. The molecule has 0 aromatic carbocycles. The molecule has 0 aliphatic heterocycles. The van der Waals surface area contributed by atoms with Gasteiger partial charge in [-0.25, -0.2) is 4.39 Å². The van der Waals surface area contributed by atoms with Crippen LogP contribution in [-0.4, -0.2) is 0 Å². The van der Waals surface area contributed by atoms with E-state index in [1.807, 2.05) is 13.0 Å². The smallest absolute Gasteiger partial charge is 0.119 e. The van der Waals surface area contributed by atoms with Gasteiger partial charge in [0.2, 0.25) is 0 Å². The number of hydrogen-bond acceptors (Lipinski definition) is 0. The lowest BCUT2D eigenvalue weighted by molar-refractivity contribution is 0.654. The first-order valence-electron chi connectivity index (χ1n) is 3.98.